The number of aromatic nitrogens is 1. The average molecular weight is 233 g/mol. The van der Waals surface area contributed by atoms with E-state index >= 15 is 0 Å². The Kier molecular flexibility index (Phi) is 5.36. The summed E-state index contributed by atoms with van der Waals surface area (Å²) in [4.78, 5) is 15.6. The van der Waals surface area contributed by atoms with Gasteiger partial charge in [-0.05, 0) is 31.5 Å². The molecule has 0 aliphatic rings. The Morgan fingerprint density at radius 3 is 2.71 bits per heavy atom. The fourth-order valence-electron chi connectivity index (χ4n) is 1.52. The highest BCUT2D eigenvalue weighted by molar-refractivity contribution is 5.81. The van der Waals surface area contributed by atoms with Crippen molar-refractivity contribution in [2.45, 2.75) is 25.9 Å². The number of nitrogens with zero attached hydrogens (tertiary/aromatic N) is 1. The molecule has 0 aliphatic carbocycles. The van der Waals surface area contributed by atoms with Crippen LogP contribution in [0.15, 0.2) is 37.2 Å². The van der Waals surface area contributed by atoms with Gasteiger partial charge in [-0.25, -0.2) is 0 Å². The minimum atomic E-state index is -0.238. The Hall–Kier alpha value is -1.68. The number of hydrogen-bond donors (Lipinski definition) is 2. The highest BCUT2D eigenvalue weighted by Gasteiger charge is 2.15. The number of hydrogen-bond acceptors (Lipinski definition) is 3. The molecule has 1 aromatic heterocycles. The van der Waals surface area contributed by atoms with E-state index in [-0.39, 0.29) is 18.0 Å². The molecule has 17 heavy (non-hydrogen) atoms. The van der Waals surface area contributed by atoms with Crippen molar-refractivity contribution in [3.8, 4) is 0 Å². The van der Waals surface area contributed by atoms with Crippen LogP contribution >= 0.6 is 0 Å². The predicted octanol–water partition coefficient (Wildman–Crippen LogP) is 1.42. The maximum Gasteiger partial charge on any atom is 0.237 e. The maximum atomic E-state index is 11.6. The molecule has 0 saturated heterocycles. The van der Waals surface area contributed by atoms with Crippen LogP contribution in [-0.4, -0.2) is 23.5 Å². The van der Waals surface area contributed by atoms with Gasteiger partial charge in [-0.3, -0.25) is 15.1 Å². The van der Waals surface area contributed by atoms with Crippen LogP contribution in [0, 0.1) is 0 Å². The van der Waals surface area contributed by atoms with Gasteiger partial charge in [-0.1, -0.05) is 6.08 Å². The lowest BCUT2D eigenvalue weighted by molar-refractivity contribution is -0.122. The van der Waals surface area contributed by atoms with Gasteiger partial charge in [0, 0.05) is 25.0 Å². The summed E-state index contributed by atoms with van der Waals surface area (Å²) in [5.41, 5.74) is 1.11. The number of amides is 1. The van der Waals surface area contributed by atoms with Crippen molar-refractivity contribution in [2.75, 3.05) is 6.54 Å². The molecule has 4 nitrogen and oxygen atoms in total. The fourth-order valence-corrected chi connectivity index (χ4v) is 1.52. The molecule has 1 rings (SSSR count). The minimum absolute atomic E-state index is 0.0224. The summed E-state index contributed by atoms with van der Waals surface area (Å²) in [6.45, 7) is 7.92. The third-order valence-corrected chi connectivity index (χ3v) is 2.52. The van der Waals surface area contributed by atoms with Crippen molar-refractivity contribution < 1.29 is 4.79 Å². The lowest BCUT2D eigenvalue weighted by Gasteiger charge is -2.19. The fraction of sp³-hybridized carbons (Fsp3) is 0.385. The smallest absolute Gasteiger partial charge is 0.237 e. The SMILES string of the molecule is C=CCNC(=O)C(C)N[C@@H](C)c1ccncc1. The zero-order valence-electron chi connectivity index (χ0n) is 10.3. The Labute approximate surface area is 102 Å². The van der Waals surface area contributed by atoms with Gasteiger partial charge in [-0.15, -0.1) is 6.58 Å². The summed E-state index contributed by atoms with van der Waals surface area (Å²) >= 11 is 0. The van der Waals surface area contributed by atoms with Crippen molar-refractivity contribution >= 4 is 5.91 Å². The van der Waals surface area contributed by atoms with Crippen LogP contribution in [0.5, 0.6) is 0 Å². The van der Waals surface area contributed by atoms with Gasteiger partial charge in [0.2, 0.25) is 5.91 Å². The average Bonchev–Trinajstić information content (AvgIpc) is 2.36. The summed E-state index contributed by atoms with van der Waals surface area (Å²) in [7, 11) is 0. The van der Waals surface area contributed by atoms with Gasteiger partial charge in [0.05, 0.1) is 6.04 Å². The zero-order valence-corrected chi connectivity index (χ0v) is 10.3. The number of carbonyl (C=O) groups is 1. The molecule has 0 aliphatic heterocycles. The van der Waals surface area contributed by atoms with Crippen LogP contribution in [0.1, 0.15) is 25.5 Å². The van der Waals surface area contributed by atoms with Crippen LogP contribution in [-0.2, 0) is 4.79 Å². The van der Waals surface area contributed by atoms with E-state index in [9.17, 15) is 4.79 Å². The van der Waals surface area contributed by atoms with Crippen molar-refractivity contribution in [3.05, 3.63) is 42.7 Å². The Bertz CT molecular complexity index is 364. The van der Waals surface area contributed by atoms with Crippen LogP contribution in [0.4, 0.5) is 0 Å². The highest BCUT2D eigenvalue weighted by Crippen LogP contribution is 2.10. The minimum Gasteiger partial charge on any atom is -0.351 e. The van der Waals surface area contributed by atoms with Gasteiger partial charge < -0.3 is 5.32 Å². The summed E-state index contributed by atoms with van der Waals surface area (Å²) in [5.74, 6) is -0.0224. The highest BCUT2D eigenvalue weighted by atomic mass is 16.2. The summed E-state index contributed by atoms with van der Waals surface area (Å²) in [6, 6.07) is 3.75. The molecule has 1 unspecified atom stereocenters. The van der Waals surface area contributed by atoms with E-state index in [0.29, 0.717) is 6.54 Å². The van der Waals surface area contributed by atoms with Crippen molar-refractivity contribution in [1.82, 2.24) is 15.6 Å². The van der Waals surface area contributed by atoms with E-state index in [4.69, 9.17) is 0 Å². The monoisotopic (exact) mass is 233 g/mol. The van der Waals surface area contributed by atoms with E-state index in [0.717, 1.165) is 5.56 Å². The van der Waals surface area contributed by atoms with E-state index in [1.54, 1.807) is 18.5 Å². The summed E-state index contributed by atoms with van der Waals surface area (Å²) in [6.07, 6.45) is 5.16. The summed E-state index contributed by atoms with van der Waals surface area (Å²) in [5, 5.41) is 5.99. The molecular weight excluding hydrogens is 214 g/mol. The molecular formula is C13H19N3O. The first-order valence-corrected chi connectivity index (χ1v) is 5.69. The first-order chi connectivity index (χ1) is 8.15. The van der Waals surface area contributed by atoms with Gasteiger partial charge in [0.25, 0.3) is 0 Å². The second-order valence-corrected chi connectivity index (χ2v) is 3.92. The molecule has 4 heteroatoms. The van der Waals surface area contributed by atoms with Gasteiger partial charge >= 0.3 is 0 Å². The summed E-state index contributed by atoms with van der Waals surface area (Å²) < 4.78 is 0. The maximum absolute atomic E-state index is 11.6. The third kappa shape index (κ3) is 4.36. The molecule has 1 amide bonds. The second-order valence-electron chi connectivity index (χ2n) is 3.92. The standard InChI is InChI=1S/C13H19N3O/c1-4-7-15-13(17)11(3)16-10(2)12-5-8-14-9-6-12/h4-6,8-11,16H,1,7H2,2-3H3,(H,15,17)/t10-,11?/m0/s1. The van der Waals surface area contributed by atoms with Gasteiger partial charge in [-0.2, -0.15) is 0 Å². The number of rotatable bonds is 6. The number of pyridine rings is 1. The lowest BCUT2D eigenvalue weighted by atomic mass is 10.1. The molecule has 0 spiro atoms. The largest absolute Gasteiger partial charge is 0.351 e. The molecule has 1 heterocycles. The molecule has 2 N–H and O–H groups in total. The Balaban J connectivity index is 2.48. The first-order valence-electron chi connectivity index (χ1n) is 5.69. The molecule has 0 radical (unpaired) electrons. The molecule has 92 valence electrons. The van der Waals surface area contributed by atoms with Crippen LogP contribution < -0.4 is 10.6 Å². The number of carbonyl (C=O) groups excluding carboxylic acids is 1. The van der Waals surface area contributed by atoms with Gasteiger partial charge in [0.15, 0.2) is 0 Å². The van der Waals surface area contributed by atoms with Crippen molar-refractivity contribution in [3.63, 3.8) is 0 Å². The van der Waals surface area contributed by atoms with Crippen molar-refractivity contribution in [1.29, 1.82) is 0 Å². The number of nitrogens with one attached hydrogen (secondary N) is 2. The molecule has 0 aromatic carbocycles. The second kappa shape index (κ2) is 6.81. The van der Waals surface area contributed by atoms with E-state index in [2.05, 4.69) is 22.2 Å². The Morgan fingerprint density at radius 2 is 2.12 bits per heavy atom. The molecule has 1 aromatic rings. The van der Waals surface area contributed by atoms with Crippen LogP contribution in [0.3, 0.4) is 0 Å². The predicted molar refractivity (Wildman–Crippen MR) is 68.5 cm³/mol. The lowest BCUT2D eigenvalue weighted by Crippen LogP contribution is -2.43. The molecule has 0 saturated carbocycles. The van der Waals surface area contributed by atoms with E-state index in [1.807, 2.05) is 26.0 Å². The normalized spacial score (nSPS) is 13.8. The van der Waals surface area contributed by atoms with Gasteiger partial charge in [0.1, 0.15) is 0 Å². The first kappa shape index (κ1) is 13.4. The molecule has 0 fully saturated rings. The van der Waals surface area contributed by atoms with Crippen LogP contribution in [0.2, 0.25) is 0 Å². The van der Waals surface area contributed by atoms with Crippen molar-refractivity contribution in [2.24, 2.45) is 0 Å². The molecule has 2 atom stereocenters. The molecule has 0 bridgehead atoms. The third-order valence-electron chi connectivity index (χ3n) is 2.52. The van der Waals surface area contributed by atoms with E-state index in [1.165, 1.54) is 0 Å². The Morgan fingerprint density at radius 1 is 1.47 bits per heavy atom. The van der Waals surface area contributed by atoms with E-state index < -0.39 is 0 Å². The zero-order chi connectivity index (χ0) is 12.7. The van der Waals surface area contributed by atoms with Crippen LogP contribution in [0.25, 0.3) is 0 Å². The topological polar surface area (TPSA) is 54.0 Å². The quantitative estimate of drug-likeness (QED) is 0.731.